The molecule has 0 aromatic heterocycles. The van der Waals surface area contributed by atoms with E-state index < -0.39 is 23.8 Å². The van der Waals surface area contributed by atoms with E-state index in [0.717, 1.165) is 16.0 Å². The van der Waals surface area contributed by atoms with Crippen molar-refractivity contribution in [2.45, 2.75) is 13.5 Å². The average Bonchev–Trinajstić information content (AvgIpc) is 2.87. The van der Waals surface area contributed by atoms with Gasteiger partial charge in [-0.2, -0.15) is 0 Å². The quantitative estimate of drug-likeness (QED) is 0.258. The third-order valence-corrected chi connectivity index (χ3v) is 6.05. The summed E-state index contributed by atoms with van der Waals surface area (Å²) in [7, 11) is 1.24. The van der Waals surface area contributed by atoms with Gasteiger partial charge in [0.15, 0.2) is 5.75 Å². The molecule has 0 radical (unpaired) electrons. The SMILES string of the molecule is COC(=O)c1ccc(N2C(=O)NC(=O)/C(=C\c3cc(Cl)c(OCc4ccc(C)cc4)c(Cl)c3)C2=O)cc1. The van der Waals surface area contributed by atoms with Crippen molar-refractivity contribution < 1.29 is 28.7 Å². The molecule has 0 atom stereocenters. The number of benzene rings is 3. The minimum absolute atomic E-state index is 0.157. The fraction of sp³-hybridized carbons (Fsp3) is 0.111. The molecule has 8 nitrogen and oxygen atoms in total. The van der Waals surface area contributed by atoms with Gasteiger partial charge in [-0.25, -0.2) is 14.5 Å². The van der Waals surface area contributed by atoms with Crippen LogP contribution >= 0.6 is 23.2 Å². The van der Waals surface area contributed by atoms with E-state index in [1.54, 1.807) is 0 Å². The maximum absolute atomic E-state index is 13.1. The number of imide groups is 2. The summed E-state index contributed by atoms with van der Waals surface area (Å²) in [5.41, 5.74) is 2.49. The minimum Gasteiger partial charge on any atom is -0.486 e. The molecule has 1 N–H and O–H groups in total. The molecule has 1 heterocycles. The second-order valence-electron chi connectivity index (χ2n) is 8.08. The number of amides is 4. The van der Waals surface area contributed by atoms with Crippen LogP contribution in [-0.2, 0) is 20.9 Å². The van der Waals surface area contributed by atoms with Gasteiger partial charge in [0, 0.05) is 0 Å². The smallest absolute Gasteiger partial charge is 0.337 e. The number of carbonyl (C=O) groups excluding carboxylic acids is 4. The summed E-state index contributed by atoms with van der Waals surface area (Å²) in [6.45, 7) is 2.23. The van der Waals surface area contributed by atoms with Crippen molar-refractivity contribution >= 4 is 58.8 Å². The van der Waals surface area contributed by atoms with Gasteiger partial charge >= 0.3 is 12.0 Å². The van der Waals surface area contributed by atoms with Crippen molar-refractivity contribution in [1.29, 1.82) is 0 Å². The second kappa shape index (κ2) is 10.9. The van der Waals surface area contributed by atoms with Gasteiger partial charge in [-0.05, 0) is 60.5 Å². The van der Waals surface area contributed by atoms with E-state index in [2.05, 4.69) is 10.1 Å². The van der Waals surface area contributed by atoms with E-state index in [1.165, 1.54) is 49.6 Å². The van der Waals surface area contributed by atoms with Crippen molar-refractivity contribution in [1.82, 2.24) is 5.32 Å². The van der Waals surface area contributed by atoms with Crippen LogP contribution < -0.4 is 15.0 Å². The standard InChI is InChI=1S/C27H20Cl2N2O6/c1-15-3-5-16(6-4-15)14-37-23-21(28)12-17(13-22(23)29)11-20-24(32)30-27(35)31(25(20)33)19-9-7-18(8-10-19)26(34)36-2/h3-13H,14H2,1-2H3,(H,30,32,35)/b20-11+. The molecule has 4 rings (SSSR count). The summed E-state index contributed by atoms with van der Waals surface area (Å²) in [6.07, 6.45) is 1.28. The van der Waals surface area contributed by atoms with Crippen LogP contribution in [0.1, 0.15) is 27.0 Å². The number of anilines is 1. The van der Waals surface area contributed by atoms with E-state index >= 15 is 0 Å². The molecule has 3 aromatic rings. The lowest BCUT2D eigenvalue weighted by Gasteiger charge is -2.26. The number of hydrogen-bond acceptors (Lipinski definition) is 6. The van der Waals surface area contributed by atoms with E-state index in [9.17, 15) is 19.2 Å². The fourth-order valence-electron chi connectivity index (χ4n) is 3.56. The van der Waals surface area contributed by atoms with Gasteiger partial charge in [-0.15, -0.1) is 0 Å². The van der Waals surface area contributed by atoms with Crippen molar-refractivity contribution in [2.24, 2.45) is 0 Å². The van der Waals surface area contributed by atoms with Crippen LogP contribution in [0.25, 0.3) is 6.08 Å². The van der Waals surface area contributed by atoms with E-state index in [1.807, 2.05) is 31.2 Å². The number of methoxy groups -OCH3 is 1. The monoisotopic (exact) mass is 538 g/mol. The number of aryl methyl sites for hydroxylation is 1. The Morgan fingerprint density at radius 1 is 0.973 bits per heavy atom. The van der Waals surface area contributed by atoms with Gasteiger partial charge in [0.2, 0.25) is 0 Å². The van der Waals surface area contributed by atoms with Gasteiger partial charge in [0.25, 0.3) is 11.8 Å². The molecule has 0 spiro atoms. The van der Waals surface area contributed by atoms with E-state index in [0.29, 0.717) is 5.56 Å². The molecule has 1 saturated heterocycles. The Balaban J connectivity index is 1.58. The molecule has 0 unspecified atom stereocenters. The molecule has 3 aromatic carbocycles. The van der Waals surface area contributed by atoms with Crippen molar-refractivity contribution in [2.75, 3.05) is 12.0 Å². The zero-order valence-corrected chi connectivity index (χ0v) is 21.2. The van der Waals surface area contributed by atoms with Gasteiger partial charge in [-0.3, -0.25) is 14.9 Å². The third-order valence-electron chi connectivity index (χ3n) is 5.48. The number of carbonyl (C=O) groups is 4. The highest BCUT2D eigenvalue weighted by atomic mass is 35.5. The maximum Gasteiger partial charge on any atom is 0.337 e. The van der Waals surface area contributed by atoms with Crippen LogP contribution in [-0.4, -0.2) is 30.9 Å². The number of esters is 1. The van der Waals surface area contributed by atoms with Gasteiger partial charge in [0.05, 0.1) is 28.4 Å². The van der Waals surface area contributed by atoms with Crippen LogP contribution in [0.15, 0.2) is 66.2 Å². The highest BCUT2D eigenvalue weighted by Gasteiger charge is 2.37. The first-order chi connectivity index (χ1) is 17.7. The Labute approximate surface area is 222 Å². The molecule has 1 fully saturated rings. The first kappa shape index (κ1) is 25.9. The molecule has 4 amide bonds. The number of hydrogen-bond donors (Lipinski definition) is 1. The number of nitrogens with zero attached hydrogens (tertiary/aromatic N) is 1. The first-order valence-corrected chi connectivity index (χ1v) is 11.7. The topological polar surface area (TPSA) is 102 Å². The van der Waals surface area contributed by atoms with Crippen molar-refractivity contribution in [3.05, 3.63) is 98.5 Å². The van der Waals surface area contributed by atoms with E-state index in [4.69, 9.17) is 27.9 Å². The predicted molar refractivity (Wildman–Crippen MR) is 139 cm³/mol. The Morgan fingerprint density at radius 3 is 2.19 bits per heavy atom. The first-order valence-electron chi connectivity index (χ1n) is 10.9. The van der Waals surface area contributed by atoms with Gasteiger partial charge < -0.3 is 9.47 Å². The van der Waals surface area contributed by atoms with Crippen LogP contribution in [0.2, 0.25) is 10.0 Å². The third kappa shape index (κ3) is 5.66. The fourth-order valence-corrected chi connectivity index (χ4v) is 4.18. The highest BCUT2D eigenvalue weighted by molar-refractivity contribution is 6.40. The molecular weight excluding hydrogens is 519 g/mol. The summed E-state index contributed by atoms with van der Waals surface area (Å²) in [6, 6.07) is 15.4. The van der Waals surface area contributed by atoms with Crippen molar-refractivity contribution in [3.63, 3.8) is 0 Å². The number of rotatable bonds is 6. The Bertz CT molecular complexity index is 1410. The molecule has 0 aliphatic carbocycles. The molecule has 0 saturated carbocycles. The van der Waals surface area contributed by atoms with Crippen molar-refractivity contribution in [3.8, 4) is 5.75 Å². The minimum atomic E-state index is -0.922. The summed E-state index contributed by atoms with van der Waals surface area (Å²) >= 11 is 12.8. The van der Waals surface area contributed by atoms with Crippen LogP contribution in [0.4, 0.5) is 10.5 Å². The molecule has 1 aliphatic heterocycles. The highest BCUT2D eigenvalue weighted by Crippen LogP contribution is 2.36. The molecule has 188 valence electrons. The largest absolute Gasteiger partial charge is 0.486 e. The summed E-state index contributed by atoms with van der Waals surface area (Å²) in [5, 5.41) is 2.50. The Morgan fingerprint density at radius 2 is 1.59 bits per heavy atom. The zero-order valence-electron chi connectivity index (χ0n) is 19.7. The van der Waals surface area contributed by atoms with E-state index in [-0.39, 0.29) is 39.2 Å². The summed E-state index contributed by atoms with van der Waals surface area (Å²) in [4.78, 5) is 50.5. The molecule has 10 heteroatoms. The molecule has 37 heavy (non-hydrogen) atoms. The predicted octanol–water partition coefficient (Wildman–Crippen LogP) is 5.33. The lowest BCUT2D eigenvalue weighted by atomic mass is 10.1. The second-order valence-corrected chi connectivity index (χ2v) is 8.90. The lowest BCUT2D eigenvalue weighted by molar-refractivity contribution is -0.122. The average molecular weight is 539 g/mol. The maximum atomic E-state index is 13.1. The number of ether oxygens (including phenoxy) is 2. The zero-order chi connectivity index (χ0) is 26.7. The normalized spacial score (nSPS) is 14.5. The Hall–Kier alpha value is -4.14. The summed E-state index contributed by atoms with van der Waals surface area (Å²) in [5.74, 6) is -2.04. The molecule has 0 bridgehead atoms. The van der Waals surface area contributed by atoms with Crippen LogP contribution in [0.5, 0.6) is 5.75 Å². The molecular formula is C27H20Cl2N2O6. The summed E-state index contributed by atoms with van der Waals surface area (Å²) < 4.78 is 10.4. The molecule has 1 aliphatic rings. The number of barbiturate groups is 1. The van der Waals surface area contributed by atoms with Crippen LogP contribution in [0.3, 0.4) is 0 Å². The van der Waals surface area contributed by atoms with Gasteiger partial charge in [-0.1, -0.05) is 53.0 Å². The lowest BCUT2D eigenvalue weighted by Crippen LogP contribution is -2.54. The van der Waals surface area contributed by atoms with Gasteiger partial charge in [0.1, 0.15) is 12.2 Å². The number of halogens is 2. The Kier molecular flexibility index (Phi) is 7.61. The number of nitrogens with one attached hydrogen (secondary N) is 1. The number of urea groups is 1. The van der Waals surface area contributed by atoms with Crippen LogP contribution in [0, 0.1) is 6.92 Å².